The molecule has 0 heterocycles. The molecule has 8 N–H and O–H groups in total. The average molecular weight is 248 g/mol. The Balaban J connectivity index is -0.000000144. The van der Waals surface area contributed by atoms with Crippen molar-refractivity contribution in [3.63, 3.8) is 0 Å². The first-order valence-electron chi connectivity index (χ1n) is 3.82. The molecule has 0 atom stereocenters. The molecule has 15 heavy (non-hydrogen) atoms. The Hall–Kier alpha value is -0.290. The Morgan fingerprint density at radius 3 is 0.933 bits per heavy atom. The van der Waals surface area contributed by atoms with Gasteiger partial charge in [-0.15, -0.1) is 0 Å². The van der Waals surface area contributed by atoms with Crippen LogP contribution < -0.4 is 11.5 Å². The van der Waals surface area contributed by atoms with Gasteiger partial charge in [-0.1, -0.05) is 0 Å². The third-order valence-electron chi connectivity index (χ3n) is 0. The van der Waals surface area contributed by atoms with Crippen molar-refractivity contribution >= 4 is 10.4 Å². The van der Waals surface area contributed by atoms with Crippen molar-refractivity contribution in [3.05, 3.63) is 0 Å². The summed E-state index contributed by atoms with van der Waals surface area (Å²) in [4.78, 5) is 0. The minimum atomic E-state index is -5.17. The van der Waals surface area contributed by atoms with Crippen molar-refractivity contribution in [1.29, 1.82) is 0 Å². The lowest BCUT2D eigenvalue weighted by Crippen LogP contribution is -2.69. The molecule has 0 amide bonds. The molecular weight excluding hydrogens is 228 g/mol. The van der Waals surface area contributed by atoms with Crippen molar-refractivity contribution in [2.75, 3.05) is 0 Å². The fraction of sp³-hybridized carbons (Fsp3) is 1.00. The molecule has 0 aromatic rings. The molecule has 0 aliphatic heterocycles. The van der Waals surface area contributed by atoms with E-state index >= 15 is 0 Å². The maximum atomic E-state index is 8.52. The highest BCUT2D eigenvalue weighted by atomic mass is 32.3. The predicted octanol–water partition coefficient (Wildman–Crippen LogP) is -3.42. The van der Waals surface area contributed by atoms with Gasteiger partial charge >= 0.3 is 0 Å². The van der Waals surface area contributed by atoms with E-state index in [0.29, 0.717) is 0 Å². The van der Waals surface area contributed by atoms with Gasteiger partial charge in [-0.3, -0.25) is 8.42 Å². The van der Waals surface area contributed by atoms with Crippen LogP contribution in [0.4, 0.5) is 0 Å². The SMILES string of the molecule is CC(C)([NH3+])O.CC(C)([NH3+])O.O=S(=O)([O-])[O-]. The number of quaternary nitrogens is 2. The van der Waals surface area contributed by atoms with E-state index in [1.165, 1.54) is 0 Å². The van der Waals surface area contributed by atoms with E-state index in [9.17, 15) is 0 Å². The highest BCUT2D eigenvalue weighted by Crippen LogP contribution is 1.78. The van der Waals surface area contributed by atoms with Gasteiger partial charge in [-0.05, 0) is 0 Å². The molecule has 0 aliphatic carbocycles. The molecular formula is C6H20N2O6S. The van der Waals surface area contributed by atoms with Crippen LogP contribution in [-0.2, 0) is 10.4 Å². The second-order valence-corrected chi connectivity index (χ2v) is 4.85. The van der Waals surface area contributed by atoms with E-state index in [0.717, 1.165) is 0 Å². The Morgan fingerprint density at radius 1 is 0.933 bits per heavy atom. The van der Waals surface area contributed by atoms with Gasteiger partial charge in [-0.2, -0.15) is 0 Å². The lowest BCUT2D eigenvalue weighted by Gasteiger charge is -2.06. The molecule has 0 aliphatic rings. The minimum Gasteiger partial charge on any atom is -0.759 e. The maximum absolute atomic E-state index is 8.52. The third kappa shape index (κ3) is 22400. The molecule has 0 fully saturated rings. The molecule has 0 spiro atoms. The van der Waals surface area contributed by atoms with E-state index in [1.54, 1.807) is 27.7 Å². The molecule has 0 rings (SSSR count). The van der Waals surface area contributed by atoms with Crippen LogP contribution in [0.15, 0.2) is 0 Å². The van der Waals surface area contributed by atoms with Gasteiger partial charge in [-0.25, -0.2) is 0 Å². The molecule has 8 nitrogen and oxygen atoms in total. The summed E-state index contributed by atoms with van der Waals surface area (Å²) in [5, 5.41) is 16.8. The fourth-order valence-electron chi connectivity index (χ4n) is 0. The highest BCUT2D eigenvalue weighted by molar-refractivity contribution is 7.79. The topological polar surface area (TPSA) is 176 Å². The molecule has 96 valence electrons. The van der Waals surface area contributed by atoms with Gasteiger partial charge in [0.25, 0.3) is 0 Å². The maximum Gasteiger partial charge on any atom is 0.190 e. The first kappa shape index (κ1) is 20.2. The van der Waals surface area contributed by atoms with Crippen LogP contribution in [0.1, 0.15) is 27.7 Å². The average Bonchev–Trinajstić information content (AvgIpc) is 1.41. The summed E-state index contributed by atoms with van der Waals surface area (Å²) in [6.45, 7) is 6.53. The second-order valence-electron chi connectivity index (χ2n) is 4.03. The lowest BCUT2D eigenvalue weighted by molar-refractivity contribution is -0.534. The highest BCUT2D eigenvalue weighted by Gasteiger charge is 2.03. The fourth-order valence-corrected chi connectivity index (χ4v) is 0. The zero-order valence-corrected chi connectivity index (χ0v) is 10.2. The summed E-state index contributed by atoms with van der Waals surface area (Å²) in [5.41, 5.74) is 5.15. The van der Waals surface area contributed by atoms with Gasteiger partial charge in [0.15, 0.2) is 11.4 Å². The molecule has 0 aromatic carbocycles. The zero-order valence-electron chi connectivity index (χ0n) is 9.35. The number of rotatable bonds is 0. The van der Waals surface area contributed by atoms with E-state index in [4.69, 9.17) is 27.7 Å². The van der Waals surface area contributed by atoms with Crippen LogP contribution >= 0.6 is 0 Å². The Labute approximate surface area is 89.5 Å². The number of hydrogen-bond donors (Lipinski definition) is 4. The summed E-state index contributed by atoms with van der Waals surface area (Å²) in [5.74, 6) is 0. The number of aliphatic hydroxyl groups is 2. The van der Waals surface area contributed by atoms with Gasteiger partial charge < -0.3 is 30.8 Å². The van der Waals surface area contributed by atoms with E-state index in [2.05, 4.69) is 11.5 Å². The van der Waals surface area contributed by atoms with Crippen molar-refractivity contribution in [2.24, 2.45) is 0 Å². The Morgan fingerprint density at radius 2 is 0.933 bits per heavy atom. The van der Waals surface area contributed by atoms with Crippen LogP contribution in [0.2, 0.25) is 0 Å². The van der Waals surface area contributed by atoms with E-state index < -0.39 is 21.8 Å². The van der Waals surface area contributed by atoms with Crippen LogP contribution in [0.3, 0.4) is 0 Å². The second kappa shape index (κ2) is 7.06. The van der Waals surface area contributed by atoms with Crippen LogP contribution in [-0.4, -0.2) is 39.2 Å². The van der Waals surface area contributed by atoms with Crippen LogP contribution in [0.25, 0.3) is 0 Å². The lowest BCUT2D eigenvalue weighted by atomic mass is 10.4. The summed E-state index contributed by atoms with van der Waals surface area (Å²) in [6, 6.07) is 0. The monoisotopic (exact) mass is 248 g/mol. The Kier molecular flexibility index (Phi) is 9.49. The standard InChI is InChI=1S/2C3H9NO.H2O4S/c2*1-3(2,4)5;1-5(2,3)4/h2*5H,4H2,1-2H3;(H2,1,2,3,4). The van der Waals surface area contributed by atoms with Gasteiger partial charge in [0.05, 0.1) is 0 Å². The van der Waals surface area contributed by atoms with Gasteiger partial charge in [0.2, 0.25) is 0 Å². The molecule has 0 bridgehead atoms. The van der Waals surface area contributed by atoms with Crippen molar-refractivity contribution < 1.29 is 39.2 Å². The minimum absolute atomic E-state index is 0.750. The van der Waals surface area contributed by atoms with Crippen molar-refractivity contribution in [2.45, 2.75) is 39.1 Å². The van der Waals surface area contributed by atoms with Crippen LogP contribution in [0, 0.1) is 0 Å². The summed E-state index contributed by atoms with van der Waals surface area (Å²) < 4.78 is 34.1. The van der Waals surface area contributed by atoms with Crippen molar-refractivity contribution in [1.82, 2.24) is 0 Å². The smallest absolute Gasteiger partial charge is 0.190 e. The first-order valence-corrected chi connectivity index (χ1v) is 5.15. The summed E-state index contributed by atoms with van der Waals surface area (Å²) in [6.07, 6.45) is 0. The molecule has 0 saturated heterocycles. The molecule has 0 saturated carbocycles. The quantitative estimate of drug-likeness (QED) is 0.197. The number of hydrogen-bond acceptors (Lipinski definition) is 6. The van der Waals surface area contributed by atoms with Gasteiger partial charge in [0, 0.05) is 38.1 Å². The molecule has 0 aromatic heterocycles. The zero-order chi connectivity index (χ0) is 13.5. The molecule has 0 unspecified atom stereocenters. The largest absolute Gasteiger partial charge is 0.759 e. The molecule has 9 heteroatoms. The Bertz CT molecular complexity index is 205. The molecule has 0 radical (unpaired) electrons. The normalized spacial score (nSPS) is 11.9. The van der Waals surface area contributed by atoms with E-state index in [-0.39, 0.29) is 0 Å². The van der Waals surface area contributed by atoms with Crippen LogP contribution in [0.5, 0.6) is 0 Å². The summed E-state index contributed by atoms with van der Waals surface area (Å²) >= 11 is 0. The predicted molar refractivity (Wildman–Crippen MR) is 48.8 cm³/mol. The van der Waals surface area contributed by atoms with Crippen molar-refractivity contribution in [3.8, 4) is 0 Å². The first-order chi connectivity index (χ1) is 6.00. The van der Waals surface area contributed by atoms with Gasteiger partial charge in [0.1, 0.15) is 0 Å². The van der Waals surface area contributed by atoms with E-state index in [1.807, 2.05) is 0 Å². The third-order valence-corrected chi connectivity index (χ3v) is 0. The summed E-state index contributed by atoms with van der Waals surface area (Å²) in [7, 11) is -5.17.